The van der Waals surface area contributed by atoms with Crippen LogP contribution in [0.2, 0.25) is 0 Å². The standard InChI is InChI=1S/C29H28N2O4S2/c1-5-34-25-15-21(16-26-28(33)31(29(36)37-26)23-9-7-6-8-19(23)3)11-13-24(25)35-17-27(32)30-22-12-10-18(2)14-20(22)4/h6-16H,5,17H2,1-4H3,(H,30,32)/b26-16-. The third-order valence-electron chi connectivity index (χ3n) is 5.73. The van der Waals surface area contributed by atoms with Crippen LogP contribution in [0.1, 0.15) is 29.2 Å². The van der Waals surface area contributed by atoms with Gasteiger partial charge in [-0.1, -0.05) is 65.9 Å². The van der Waals surface area contributed by atoms with Gasteiger partial charge in [-0.15, -0.1) is 0 Å². The summed E-state index contributed by atoms with van der Waals surface area (Å²) in [5, 5.41) is 2.88. The van der Waals surface area contributed by atoms with Crippen molar-refractivity contribution in [1.82, 2.24) is 0 Å². The number of anilines is 2. The number of carbonyl (C=O) groups excluding carboxylic acids is 2. The largest absolute Gasteiger partial charge is 0.490 e. The molecule has 190 valence electrons. The summed E-state index contributed by atoms with van der Waals surface area (Å²) >= 11 is 6.77. The number of amides is 2. The Bertz CT molecular complexity index is 1400. The van der Waals surface area contributed by atoms with E-state index in [1.807, 2.05) is 76.2 Å². The second-order valence-electron chi connectivity index (χ2n) is 8.60. The van der Waals surface area contributed by atoms with Crippen LogP contribution in [0.3, 0.4) is 0 Å². The van der Waals surface area contributed by atoms with E-state index in [9.17, 15) is 9.59 Å². The molecule has 0 saturated carbocycles. The number of thiocarbonyl (C=S) groups is 1. The average Bonchev–Trinajstić information content (AvgIpc) is 3.13. The molecular formula is C29H28N2O4S2. The zero-order valence-corrected chi connectivity index (χ0v) is 22.8. The molecule has 1 N–H and O–H groups in total. The smallest absolute Gasteiger partial charge is 0.270 e. The Morgan fingerprint density at radius 2 is 1.78 bits per heavy atom. The molecule has 2 amide bonds. The van der Waals surface area contributed by atoms with Gasteiger partial charge in [-0.05, 0) is 74.7 Å². The number of benzene rings is 3. The molecule has 0 atom stereocenters. The highest BCUT2D eigenvalue weighted by Crippen LogP contribution is 2.38. The fourth-order valence-corrected chi connectivity index (χ4v) is 5.21. The monoisotopic (exact) mass is 532 g/mol. The maximum atomic E-state index is 13.2. The van der Waals surface area contributed by atoms with E-state index in [1.165, 1.54) is 11.8 Å². The van der Waals surface area contributed by atoms with E-state index in [0.29, 0.717) is 27.3 Å². The highest BCUT2D eigenvalue weighted by atomic mass is 32.2. The topological polar surface area (TPSA) is 67.9 Å². The average molecular weight is 533 g/mol. The molecule has 8 heteroatoms. The Hall–Kier alpha value is -3.62. The van der Waals surface area contributed by atoms with Crippen molar-refractivity contribution in [2.24, 2.45) is 0 Å². The van der Waals surface area contributed by atoms with Crippen LogP contribution in [-0.2, 0) is 9.59 Å². The molecular weight excluding hydrogens is 504 g/mol. The van der Waals surface area contributed by atoms with Crippen LogP contribution in [0.5, 0.6) is 11.5 Å². The maximum absolute atomic E-state index is 13.2. The Labute approximate surface area is 226 Å². The predicted molar refractivity (Wildman–Crippen MR) is 154 cm³/mol. The highest BCUT2D eigenvalue weighted by molar-refractivity contribution is 8.27. The molecule has 0 spiro atoms. The van der Waals surface area contributed by atoms with Gasteiger partial charge in [0.25, 0.3) is 11.8 Å². The SMILES string of the molecule is CCOc1cc(/C=C2\SC(=S)N(c3ccccc3C)C2=O)ccc1OCC(=O)Nc1ccc(C)cc1C. The quantitative estimate of drug-likeness (QED) is 0.266. The number of thioether (sulfide) groups is 1. The molecule has 4 rings (SSSR count). The summed E-state index contributed by atoms with van der Waals surface area (Å²) < 4.78 is 12.0. The molecule has 3 aromatic carbocycles. The predicted octanol–water partition coefficient (Wildman–Crippen LogP) is 6.43. The second-order valence-corrected chi connectivity index (χ2v) is 10.3. The number of hydrogen-bond donors (Lipinski definition) is 1. The highest BCUT2D eigenvalue weighted by Gasteiger charge is 2.34. The number of nitrogens with zero attached hydrogens (tertiary/aromatic N) is 1. The molecule has 1 heterocycles. The van der Waals surface area contributed by atoms with Crippen molar-refractivity contribution in [2.75, 3.05) is 23.4 Å². The van der Waals surface area contributed by atoms with Crippen LogP contribution in [0.25, 0.3) is 6.08 Å². The molecule has 1 fully saturated rings. The molecule has 1 saturated heterocycles. The summed E-state index contributed by atoms with van der Waals surface area (Å²) in [6.07, 6.45) is 1.79. The Balaban J connectivity index is 1.48. The van der Waals surface area contributed by atoms with Gasteiger partial charge in [-0.2, -0.15) is 0 Å². The lowest BCUT2D eigenvalue weighted by molar-refractivity contribution is -0.118. The van der Waals surface area contributed by atoms with Gasteiger partial charge in [0.15, 0.2) is 22.4 Å². The minimum atomic E-state index is -0.265. The number of rotatable bonds is 8. The molecule has 37 heavy (non-hydrogen) atoms. The fourth-order valence-electron chi connectivity index (χ4n) is 3.93. The van der Waals surface area contributed by atoms with Crippen molar-refractivity contribution >= 4 is 57.6 Å². The zero-order valence-electron chi connectivity index (χ0n) is 21.2. The third-order valence-corrected chi connectivity index (χ3v) is 7.03. The summed E-state index contributed by atoms with van der Waals surface area (Å²) in [6.45, 7) is 8.03. The molecule has 0 bridgehead atoms. The first-order chi connectivity index (χ1) is 17.8. The lowest BCUT2D eigenvalue weighted by Gasteiger charge is -2.16. The second kappa shape index (κ2) is 11.6. The molecule has 0 aliphatic carbocycles. The number of aryl methyl sites for hydroxylation is 3. The van der Waals surface area contributed by atoms with Crippen molar-refractivity contribution in [1.29, 1.82) is 0 Å². The van der Waals surface area contributed by atoms with Gasteiger partial charge in [0.1, 0.15) is 0 Å². The zero-order chi connectivity index (χ0) is 26.5. The Morgan fingerprint density at radius 1 is 1.00 bits per heavy atom. The van der Waals surface area contributed by atoms with Crippen molar-refractivity contribution in [3.63, 3.8) is 0 Å². The van der Waals surface area contributed by atoms with E-state index < -0.39 is 0 Å². The first-order valence-corrected chi connectivity index (χ1v) is 13.1. The van der Waals surface area contributed by atoms with Crippen LogP contribution in [0.4, 0.5) is 11.4 Å². The number of hydrogen-bond acceptors (Lipinski definition) is 6. The van der Waals surface area contributed by atoms with E-state index in [2.05, 4.69) is 5.32 Å². The van der Waals surface area contributed by atoms with Gasteiger partial charge in [-0.3, -0.25) is 14.5 Å². The van der Waals surface area contributed by atoms with Crippen LogP contribution in [0.15, 0.2) is 65.6 Å². The fraction of sp³-hybridized carbons (Fsp3) is 0.207. The lowest BCUT2D eigenvalue weighted by atomic mass is 10.1. The Morgan fingerprint density at radius 3 is 2.51 bits per heavy atom. The maximum Gasteiger partial charge on any atom is 0.270 e. The van der Waals surface area contributed by atoms with E-state index >= 15 is 0 Å². The first-order valence-electron chi connectivity index (χ1n) is 11.9. The van der Waals surface area contributed by atoms with Crippen LogP contribution in [-0.4, -0.2) is 29.3 Å². The molecule has 0 unspecified atom stereocenters. The Kier molecular flexibility index (Phi) is 8.31. The van der Waals surface area contributed by atoms with Crippen LogP contribution >= 0.6 is 24.0 Å². The van der Waals surface area contributed by atoms with Gasteiger partial charge in [0.05, 0.1) is 17.2 Å². The van der Waals surface area contributed by atoms with Crippen molar-refractivity contribution in [2.45, 2.75) is 27.7 Å². The molecule has 0 radical (unpaired) electrons. The van der Waals surface area contributed by atoms with E-state index in [0.717, 1.165) is 33.6 Å². The van der Waals surface area contributed by atoms with E-state index in [4.69, 9.17) is 21.7 Å². The number of ether oxygens (including phenoxy) is 2. The van der Waals surface area contributed by atoms with Crippen LogP contribution in [0, 0.1) is 20.8 Å². The number of nitrogens with one attached hydrogen (secondary N) is 1. The van der Waals surface area contributed by atoms with Gasteiger partial charge >= 0.3 is 0 Å². The first kappa shape index (κ1) is 26.4. The summed E-state index contributed by atoms with van der Waals surface area (Å²) in [6, 6.07) is 18.8. The minimum absolute atomic E-state index is 0.161. The third kappa shape index (κ3) is 6.21. The van der Waals surface area contributed by atoms with E-state index in [-0.39, 0.29) is 18.4 Å². The van der Waals surface area contributed by atoms with Gasteiger partial charge in [-0.25, -0.2) is 0 Å². The van der Waals surface area contributed by atoms with Gasteiger partial charge in [0, 0.05) is 5.69 Å². The number of carbonyl (C=O) groups is 2. The molecule has 6 nitrogen and oxygen atoms in total. The minimum Gasteiger partial charge on any atom is -0.490 e. The van der Waals surface area contributed by atoms with Crippen molar-refractivity contribution < 1.29 is 19.1 Å². The van der Waals surface area contributed by atoms with Gasteiger partial charge < -0.3 is 14.8 Å². The number of para-hydroxylation sites is 1. The summed E-state index contributed by atoms with van der Waals surface area (Å²) in [5.41, 5.74) is 5.39. The molecule has 0 aromatic heterocycles. The molecule has 1 aliphatic heterocycles. The van der Waals surface area contributed by atoms with Crippen molar-refractivity contribution in [3.05, 3.63) is 87.8 Å². The van der Waals surface area contributed by atoms with Crippen molar-refractivity contribution in [3.8, 4) is 11.5 Å². The molecule has 3 aromatic rings. The lowest BCUT2D eigenvalue weighted by Crippen LogP contribution is -2.28. The molecule has 1 aliphatic rings. The summed E-state index contributed by atoms with van der Waals surface area (Å²) in [4.78, 5) is 27.7. The summed E-state index contributed by atoms with van der Waals surface area (Å²) in [5.74, 6) is 0.510. The van der Waals surface area contributed by atoms with E-state index in [1.54, 1.807) is 23.1 Å². The normalized spacial score (nSPS) is 14.3. The van der Waals surface area contributed by atoms with Crippen LogP contribution < -0.4 is 19.7 Å². The van der Waals surface area contributed by atoms with Gasteiger partial charge in [0.2, 0.25) is 0 Å². The summed E-state index contributed by atoms with van der Waals surface area (Å²) in [7, 11) is 0.